The van der Waals surface area contributed by atoms with Gasteiger partial charge in [-0.05, 0) is 24.6 Å². The van der Waals surface area contributed by atoms with Crippen molar-refractivity contribution in [2.24, 2.45) is 0 Å². The predicted octanol–water partition coefficient (Wildman–Crippen LogP) is 0.139. The fourth-order valence-corrected chi connectivity index (χ4v) is 3.57. The number of carbonyl (C=O) groups excluding carboxylic acids is 2. The summed E-state index contributed by atoms with van der Waals surface area (Å²) in [6.07, 6.45) is 4.42. The highest BCUT2D eigenvalue weighted by molar-refractivity contribution is 7.91. The molecule has 2 heterocycles. The monoisotopic (exact) mass is 313 g/mol. The highest BCUT2D eigenvalue weighted by atomic mass is 32.2. The molecule has 1 N–H and O–H groups in total. The van der Waals surface area contributed by atoms with Crippen LogP contribution < -0.4 is 5.32 Å². The average molecular weight is 313 g/mol. The molecule has 1 saturated heterocycles. The summed E-state index contributed by atoms with van der Waals surface area (Å²) in [5.74, 6) is -0.695. The lowest BCUT2D eigenvalue weighted by molar-refractivity contribution is -0.144. The Labute approximate surface area is 121 Å². The van der Waals surface area contributed by atoms with E-state index in [0.29, 0.717) is 12.2 Å². The second-order valence-corrected chi connectivity index (χ2v) is 6.85. The van der Waals surface area contributed by atoms with Gasteiger partial charge in [-0.1, -0.05) is 0 Å². The molecule has 0 radical (unpaired) electrons. The number of esters is 1. The molecule has 1 aromatic rings. The normalized spacial score (nSPS) is 20.5. The quantitative estimate of drug-likeness (QED) is 0.612. The van der Waals surface area contributed by atoms with Gasteiger partial charge >= 0.3 is 5.97 Å². The first-order chi connectivity index (χ1) is 9.94. The van der Waals surface area contributed by atoms with Crippen molar-refractivity contribution in [2.45, 2.75) is 12.5 Å². The van der Waals surface area contributed by atoms with Gasteiger partial charge in [0, 0.05) is 12.1 Å². The van der Waals surface area contributed by atoms with Gasteiger partial charge in [0.2, 0.25) is 0 Å². The van der Waals surface area contributed by atoms with Crippen LogP contribution in [0.3, 0.4) is 0 Å². The van der Waals surface area contributed by atoms with Crippen molar-refractivity contribution in [1.82, 2.24) is 5.32 Å². The van der Waals surface area contributed by atoms with E-state index in [1.165, 1.54) is 12.3 Å². The van der Waals surface area contributed by atoms with E-state index in [1.807, 2.05) is 0 Å². The van der Waals surface area contributed by atoms with Crippen molar-refractivity contribution in [3.05, 3.63) is 30.2 Å². The van der Waals surface area contributed by atoms with Gasteiger partial charge in [-0.3, -0.25) is 4.79 Å². The summed E-state index contributed by atoms with van der Waals surface area (Å²) in [6, 6.07) is 2.94. The minimum atomic E-state index is -3.05. The zero-order chi connectivity index (χ0) is 15.3. The highest BCUT2D eigenvalue weighted by Gasteiger charge is 2.28. The molecule has 0 saturated carbocycles. The molecule has 7 nitrogen and oxygen atoms in total. The zero-order valence-corrected chi connectivity index (χ0v) is 12.0. The summed E-state index contributed by atoms with van der Waals surface area (Å²) in [4.78, 5) is 22.9. The minimum absolute atomic E-state index is 0.0644. The van der Waals surface area contributed by atoms with Crippen molar-refractivity contribution < 1.29 is 27.2 Å². The van der Waals surface area contributed by atoms with Crippen LogP contribution in [0.4, 0.5) is 0 Å². The number of hydrogen-bond acceptors (Lipinski definition) is 6. The summed E-state index contributed by atoms with van der Waals surface area (Å²) >= 11 is 0. The van der Waals surface area contributed by atoms with Gasteiger partial charge < -0.3 is 14.5 Å². The van der Waals surface area contributed by atoms with E-state index in [1.54, 1.807) is 12.1 Å². The van der Waals surface area contributed by atoms with E-state index >= 15 is 0 Å². The summed E-state index contributed by atoms with van der Waals surface area (Å²) in [6.45, 7) is -0.447. The van der Waals surface area contributed by atoms with Gasteiger partial charge in [0.1, 0.15) is 5.76 Å². The molecule has 0 unspecified atom stereocenters. The predicted molar refractivity (Wildman–Crippen MR) is 73.9 cm³/mol. The molecule has 0 bridgehead atoms. The van der Waals surface area contributed by atoms with Crippen molar-refractivity contribution in [3.8, 4) is 0 Å². The third-order valence-corrected chi connectivity index (χ3v) is 4.64. The maximum atomic E-state index is 11.5. The average Bonchev–Trinajstić information content (AvgIpc) is 3.03. The molecule has 2 rings (SSSR count). The maximum absolute atomic E-state index is 11.5. The Bertz CT molecular complexity index is 632. The van der Waals surface area contributed by atoms with Crippen LogP contribution in [0, 0.1) is 0 Å². The first-order valence-corrected chi connectivity index (χ1v) is 8.15. The van der Waals surface area contributed by atoms with Crippen LogP contribution in [0.2, 0.25) is 0 Å². The Kier molecular flexibility index (Phi) is 4.79. The molecule has 0 aromatic carbocycles. The first-order valence-electron chi connectivity index (χ1n) is 6.33. The fourth-order valence-electron chi connectivity index (χ4n) is 1.90. The van der Waals surface area contributed by atoms with Crippen LogP contribution in [-0.4, -0.2) is 44.4 Å². The first kappa shape index (κ1) is 15.3. The zero-order valence-electron chi connectivity index (χ0n) is 11.2. The summed E-state index contributed by atoms with van der Waals surface area (Å²) in [5.41, 5.74) is 0. The van der Waals surface area contributed by atoms with E-state index in [0.717, 1.165) is 6.08 Å². The summed E-state index contributed by atoms with van der Waals surface area (Å²) in [5, 5.41) is 2.52. The van der Waals surface area contributed by atoms with Gasteiger partial charge in [-0.25, -0.2) is 13.2 Å². The molecule has 1 aromatic heterocycles. The standard InChI is InChI=1S/C13H15NO6S/c15-12(14-10-5-7-21(17,18)9-10)8-20-13(16)4-3-11-2-1-6-19-11/h1-4,6,10H,5,7-9H2,(H,14,15)/b4-3+/t10-/m1/s1. The van der Waals surface area contributed by atoms with Crippen LogP contribution in [0.5, 0.6) is 0 Å². The second-order valence-electron chi connectivity index (χ2n) is 4.62. The van der Waals surface area contributed by atoms with Crippen molar-refractivity contribution in [1.29, 1.82) is 0 Å². The van der Waals surface area contributed by atoms with Crippen LogP contribution in [0.1, 0.15) is 12.2 Å². The Morgan fingerprint density at radius 2 is 2.29 bits per heavy atom. The highest BCUT2D eigenvalue weighted by Crippen LogP contribution is 2.10. The van der Waals surface area contributed by atoms with Gasteiger partial charge in [0.15, 0.2) is 16.4 Å². The Morgan fingerprint density at radius 1 is 1.48 bits per heavy atom. The maximum Gasteiger partial charge on any atom is 0.331 e. The molecule has 21 heavy (non-hydrogen) atoms. The molecule has 8 heteroatoms. The number of ether oxygens (including phenoxy) is 1. The molecule has 0 spiro atoms. The van der Waals surface area contributed by atoms with E-state index in [-0.39, 0.29) is 11.5 Å². The molecule has 0 aliphatic carbocycles. The van der Waals surface area contributed by atoms with Crippen LogP contribution in [-0.2, 0) is 24.2 Å². The fraction of sp³-hybridized carbons (Fsp3) is 0.385. The van der Waals surface area contributed by atoms with Gasteiger partial charge in [-0.15, -0.1) is 0 Å². The van der Waals surface area contributed by atoms with Crippen molar-refractivity contribution in [2.75, 3.05) is 18.1 Å². The Morgan fingerprint density at radius 3 is 2.90 bits per heavy atom. The lowest BCUT2D eigenvalue weighted by atomic mass is 10.2. The molecule has 1 atom stereocenters. The number of nitrogens with one attached hydrogen (secondary N) is 1. The molecule has 1 aliphatic rings. The van der Waals surface area contributed by atoms with Crippen LogP contribution in [0.15, 0.2) is 28.9 Å². The SMILES string of the molecule is O=C(COC(=O)/C=C/c1ccco1)N[C@@H]1CCS(=O)(=O)C1. The van der Waals surface area contributed by atoms with Crippen molar-refractivity contribution >= 4 is 27.8 Å². The number of amides is 1. The lowest BCUT2D eigenvalue weighted by Gasteiger charge is -2.10. The second kappa shape index (κ2) is 6.57. The van der Waals surface area contributed by atoms with Gasteiger partial charge in [-0.2, -0.15) is 0 Å². The number of sulfone groups is 1. The van der Waals surface area contributed by atoms with Crippen LogP contribution in [0.25, 0.3) is 6.08 Å². The van der Waals surface area contributed by atoms with Gasteiger partial charge in [0.25, 0.3) is 5.91 Å². The summed E-state index contributed by atoms with van der Waals surface area (Å²) in [7, 11) is -3.05. The number of hydrogen-bond donors (Lipinski definition) is 1. The topological polar surface area (TPSA) is 103 Å². The molecule has 1 aliphatic heterocycles. The largest absolute Gasteiger partial charge is 0.465 e. The van der Waals surface area contributed by atoms with Crippen molar-refractivity contribution in [3.63, 3.8) is 0 Å². The number of furan rings is 1. The van der Waals surface area contributed by atoms with Gasteiger partial charge in [0.05, 0.1) is 17.8 Å². The van der Waals surface area contributed by atoms with Crippen LogP contribution >= 0.6 is 0 Å². The minimum Gasteiger partial charge on any atom is -0.465 e. The van der Waals surface area contributed by atoms with E-state index in [2.05, 4.69) is 5.32 Å². The summed E-state index contributed by atoms with van der Waals surface area (Å²) < 4.78 is 32.2. The molecule has 114 valence electrons. The van der Waals surface area contributed by atoms with E-state index in [4.69, 9.17) is 9.15 Å². The van der Waals surface area contributed by atoms with E-state index in [9.17, 15) is 18.0 Å². The molecular weight excluding hydrogens is 298 g/mol. The van der Waals surface area contributed by atoms with E-state index < -0.39 is 34.4 Å². The number of carbonyl (C=O) groups is 2. The number of rotatable bonds is 5. The molecule has 1 amide bonds. The lowest BCUT2D eigenvalue weighted by Crippen LogP contribution is -2.38. The smallest absolute Gasteiger partial charge is 0.331 e. The third kappa shape index (κ3) is 5.07. The Balaban J connectivity index is 1.70. The molecule has 1 fully saturated rings. The Hall–Kier alpha value is -2.09. The molecular formula is C13H15NO6S. The third-order valence-electron chi connectivity index (χ3n) is 2.87.